The van der Waals surface area contributed by atoms with E-state index in [1.807, 2.05) is 27.7 Å². The molecule has 1 aliphatic rings. The Bertz CT molecular complexity index is 1030. The largest absolute Gasteiger partial charge is 0.467 e. The van der Waals surface area contributed by atoms with Crippen LogP contribution in [0.3, 0.4) is 0 Å². The highest BCUT2D eigenvalue weighted by Gasteiger charge is 2.26. The summed E-state index contributed by atoms with van der Waals surface area (Å²) in [7, 11) is 5.16. The lowest BCUT2D eigenvalue weighted by atomic mass is 10.0. The first kappa shape index (κ1) is 27.3. The number of methoxy groups -OCH3 is 1. The number of aromatic nitrogens is 1. The molecule has 0 saturated carbocycles. The van der Waals surface area contributed by atoms with Crippen molar-refractivity contribution in [1.82, 2.24) is 10.3 Å². The third-order valence-corrected chi connectivity index (χ3v) is 8.46. The molecule has 2 heterocycles. The van der Waals surface area contributed by atoms with Gasteiger partial charge in [-0.3, -0.25) is 4.79 Å². The molecule has 2 atom stereocenters. The quantitative estimate of drug-likeness (QED) is 0.185. The van der Waals surface area contributed by atoms with Crippen LogP contribution in [0.1, 0.15) is 58.4 Å². The first-order chi connectivity index (χ1) is 16.6. The predicted molar refractivity (Wildman–Crippen MR) is 140 cm³/mol. The SMILES string of the molecule is COC(=O)[C@H](Cc1c[nH]c2ccc(OC(=O)CCCCC3CCSS3)cc12)NC(=O)OC(C)(C)C. The van der Waals surface area contributed by atoms with Crippen molar-refractivity contribution < 1.29 is 28.6 Å². The minimum atomic E-state index is -0.934. The Balaban J connectivity index is 1.60. The van der Waals surface area contributed by atoms with Crippen molar-refractivity contribution in [2.75, 3.05) is 12.9 Å². The number of nitrogens with one attached hydrogen (secondary N) is 2. The van der Waals surface area contributed by atoms with E-state index >= 15 is 0 Å². The molecule has 8 nitrogen and oxygen atoms in total. The van der Waals surface area contributed by atoms with E-state index in [4.69, 9.17) is 14.2 Å². The number of ether oxygens (including phenoxy) is 3. The monoisotopic (exact) mass is 522 g/mol. The molecule has 3 rings (SSSR count). The highest BCUT2D eigenvalue weighted by Crippen LogP contribution is 2.39. The minimum Gasteiger partial charge on any atom is -0.467 e. The minimum absolute atomic E-state index is 0.181. The summed E-state index contributed by atoms with van der Waals surface area (Å²) in [5.41, 5.74) is 0.905. The highest BCUT2D eigenvalue weighted by atomic mass is 33.1. The van der Waals surface area contributed by atoms with E-state index in [0.29, 0.717) is 17.4 Å². The number of aromatic amines is 1. The number of carbonyl (C=O) groups excluding carboxylic acids is 3. The van der Waals surface area contributed by atoms with Crippen molar-refractivity contribution in [3.63, 3.8) is 0 Å². The van der Waals surface area contributed by atoms with Crippen LogP contribution in [0.15, 0.2) is 24.4 Å². The summed E-state index contributed by atoms with van der Waals surface area (Å²) >= 11 is 0. The van der Waals surface area contributed by atoms with Gasteiger partial charge in [0.2, 0.25) is 0 Å². The Labute approximate surface area is 214 Å². The molecule has 0 radical (unpaired) electrons. The first-order valence-electron chi connectivity index (χ1n) is 11.8. The van der Waals surface area contributed by atoms with Crippen LogP contribution in [-0.4, -0.2) is 52.8 Å². The summed E-state index contributed by atoms with van der Waals surface area (Å²) in [6, 6.07) is 4.40. The van der Waals surface area contributed by atoms with Gasteiger partial charge in [-0.1, -0.05) is 28.0 Å². The fourth-order valence-electron chi connectivity index (χ4n) is 3.78. The van der Waals surface area contributed by atoms with Crippen LogP contribution in [0.25, 0.3) is 10.9 Å². The van der Waals surface area contributed by atoms with Crippen molar-refractivity contribution in [2.24, 2.45) is 0 Å². The number of alkyl carbamates (subject to hydrolysis) is 1. The van der Waals surface area contributed by atoms with Crippen molar-refractivity contribution in [3.05, 3.63) is 30.0 Å². The van der Waals surface area contributed by atoms with Gasteiger partial charge in [-0.05, 0) is 63.8 Å². The van der Waals surface area contributed by atoms with Crippen LogP contribution in [-0.2, 0) is 25.5 Å². The molecule has 1 fully saturated rings. The van der Waals surface area contributed by atoms with Crippen LogP contribution >= 0.6 is 21.6 Å². The van der Waals surface area contributed by atoms with E-state index in [9.17, 15) is 14.4 Å². The lowest BCUT2D eigenvalue weighted by molar-refractivity contribution is -0.143. The van der Waals surface area contributed by atoms with Crippen LogP contribution in [0.2, 0.25) is 0 Å². The predicted octanol–water partition coefficient (Wildman–Crippen LogP) is 5.40. The van der Waals surface area contributed by atoms with Gasteiger partial charge in [-0.15, -0.1) is 0 Å². The standard InChI is InChI=1S/C25H34N2O6S2/c1-25(2,3)33-24(30)27-21(23(29)31-4)13-16-15-26-20-10-9-17(14-19(16)20)32-22(28)8-6-5-7-18-11-12-34-35-18/h9-10,14-15,18,21,26H,5-8,11-13H2,1-4H3,(H,27,30)/t18?,21-/m0/s1. The summed E-state index contributed by atoms with van der Waals surface area (Å²) in [5.74, 6) is 0.829. The van der Waals surface area contributed by atoms with E-state index in [2.05, 4.69) is 10.3 Å². The summed E-state index contributed by atoms with van der Waals surface area (Å²) in [4.78, 5) is 40.1. The third kappa shape index (κ3) is 8.68. The number of hydrogen-bond acceptors (Lipinski definition) is 8. The molecule has 2 aromatic rings. The molecule has 1 aliphatic heterocycles. The van der Waals surface area contributed by atoms with E-state index < -0.39 is 23.7 Å². The van der Waals surface area contributed by atoms with Gasteiger partial charge in [0.1, 0.15) is 17.4 Å². The average Bonchev–Trinajstić information content (AvgIpc) is 3.44. The number of fused-ring (bicyclic) bond motifs is 1. The molecule has 1 saturated heterocycles. The molecule has 1 aromatic heterocycles. The molecule has 1 amide bonds. The summed E-state index contributed by atoms with van der Waals surface area (Å²) < 4.78 is 15.7. The number of amides is 1. The van der Waals surface area contributed by atoms with E-state index in [0.717, 1.165) is 35.7 Å². The average molecular weight is 523 g/mol. The molecule has 0 bridgehead atoms. The Morgan fingerprint density at radius 3 is 2.71 bits per heavy atom. The smallest absolute Gasteiger partial charge is 0.408 e. The lowest BCUT2D eigenvalue weighted by Gasteiger charge is -2.22. The number of benzene rings is 1. The Kier molecular flexibility index (Phi) is 9.80. The topological polar surface area (TPSA) is 107 Å². The van der Waals surface area contributed by atoms with Gasteiger partial charge in [0.05, 0.1) is 7.11 Å². The fraction of sp³-hybridized carbons (Fsp3) is 0.560. The van der Waals surface area contributed by atoms with Gasteiger partial charge < -0.3 is 24.5 Å². The molecular formula is C25H34N2O6S2. The van der Waals surface area contributed by atoms with Gasteiger partial charge in [0.15, 0.2) is 0 Å². The maximum atomic E-state index is 12.3. The molecule has 1 unspecified atom stereocenters. The van der Waals surface area contributed by atoms with Gasteiger partial charge in [-0.25, -0.2) is 9.59 Å². The number of H-pyrrole nitrogens is 1. The second kappa shape index (κ2) is 12.6. The number of esters is 2. The van der Waals surface area contributed by atoms with Crippen molar-refractivity contribution in [2.45, 2.75) is 76.2 Å². The molecular weight excluding hydrogens is 488 g/mol. The zero-order chi connectivity index (χ0) is 25.4. The molecule has 2 N–H and O–H groups in total. The second-order valence-electron chi connectivity index (χ2n) is 9.50. The number of hydrogen-bond donors (Lipinski definition) is 2. The van der Waals surface area contributed by atoms with Crippen molar-refractivity contribution in [1.29, 1.82) is 0 Å². The third-order valence-electron chi connectivity index (χ3n) is 5.46. The normalized spacial score (nSPS) is 16.6. The van der Waals surface area contributed by atoms with E-state index in [-0.39, 0.29) is 12.4 Å². The molecule has 35 heavy (non-hydrogen) atoms. The van der Waals surface area contributed by atoms with Crippen molar-refractivity contribution >= 4 is 50.5 Å². The summed E-state index contributed by atoms with van der Waals surface area (Å²) in [6.07, 6.45) is 5.86. The Morgan fingerprint density at radius 2 is 2.03 bits per heavy atom. The molecule has 192 valence electrons. The lowest BCUT2D eigenvalue weighted by Crippen LogP contribution is -2.45. The number of rotatable bonds is 10. The highest BCUT2D eigenvalue weighted by molar-refractivity contribution is 8.77. The summed E-state index contributed by atoms with van der Waals surface area (Å²) in [5, 5.41) is 4.09. The Morgan fingerprint density at radius 1 is 1.23 bits per heavy atom. The van der Waals surface area contributed by atoms with Crippen LogP contribution < -0.4 is 10.1 Å². The molecule has 0 spiro atoms. The first-order valence-corrected chi connectivity index (χ1v) is 14.2. The van der Waals surface area contributed by atoms with Gasteiger partial charge in [0.25, 0.3) is 0 Å². The van der Waals surface area contributed by atoms with E-state index in [1.54, 1.807) is 39.1 Å². The van der Waals surface area contributed by atoms with Crippen LogP contribution in [0.5, 0.6) is 5.75 Å². The van der Waals surface area contributed by atoms with Gasteiger partial charge >= 0.3 is 18.0 Å². The summed E-state index contributed by atoms with van der Waals surface area (Å²) in [6.45, 7) is 5.24. The maximum absolute atomic E-state index is 12.3. The zero-order valence-corrected chi connectivity index (χ0v) is 22.3. The van der Waals surface area contributed by atoms with Crippen LogP contribution in [0, 0.1) is 0 Å². The van der Waals surface area contributed by atoms with Gasteiger partial charge in [0, 0.05) is 40.9 Å². The molecule has 10 heteroatoms. The van der Waals surface area contributed by atoms with Crippen molar-refractivity contribution in [3.8, 4) is 5.75 Å². The molecule has 1 aromatic carbocycles. The molecule has 0 aliphatic carbocycles. The zero-order valence-electron chi connectivity index (χ0n) is 20.7. The Hall–Kier alpha value is -2.33. The maximum Gasteiger partial charge on any atom is 0.408 e. The van der Waals surface area contributed by atoms with E-state index in [1.165, 1.54) is 19.3 Å². The van der Waals surface area contributed by atoms with Gasteiger partial charge in [-0.2, -0.15) is 0 Å². The number of unbranched alkanes of at least 4 members (excludes halogenated alkanes) is 1. The van der Waals surface area contributed by atoms with Crippen LogP contribution in [0.4, 0.5) is 4.79 Å². The fourth-order valence-corrected chi connectivity index (χ4v) is 6.81. The second-order valence-corrected chi connectivity index (χ2v) is 12.3. The number of carbonyl (C=O) groups is 3.